The molecule has 72 valence electrons. The summed E-state index contributed by atoms with van der Waals surface area (Å²) in [6.45, 7) is 2.00. The maximum absolute atomic E-state index is 13.0. The van der Waals surface area contributed by atoms with E-state index in [-0.39, 0.29) is 5.82 Å². The van der Waals surface area contributed by atoms with Gasteiger partial charge in [0.05, 0.1) is 4.47 Å². The second kappa shape index (κ2) is 5.32. The highest BCUT2D eigenvalue weighted by Crippen LogP contribution is 2.15. The molecule has 0 atom stereocenters. The minimum atomic E-state index is -0.230. The number of rotatable bonds is 4. The van der Waals surface area contributed by atoms with Gasteiger partial charge in [-0.2, -0.15) is 0 Å². The molecule has 0 saturated heterocycles. The van der Waals surface area contributed by atoms with Crippen molar-refractivity contribution >= 4 is 15.9 Å². The second-order valence-corrected chi connectivity index (χ2v) is 3.57. The molecule has 1 rings (SSSR count). The Balaban J connectivity index is 2.53. The van der Waals surface area contributed by atoms with Gasteiger partial charge in [0, 0.05) is 19.6 Å². The zero-order chi connectivity index (χ0) is 9.68. The number of hydrogen-bond donors (Lipinski definition) is 2. The molecule has 3 N–H and O–H groups in total. The normalized spacial score (nSPS) is 10.4. The molecule has 0 amide bonds. The van der Waals surface area contributed by atoms with E-state index in [0.29, 0.717) is 17.6 Å². The summed E-state index contributed by atoms with van der Waals surface area (Å²) in [7, 11) is 0. The van der Waals surface area contributed by atoms with Crippen molar-refractivity contribution in [3.8, 4) is 0 Å². The van der Waals surface area contributed by atoms with Crippen LogP contribution >= 0.6 is 15.9 Å². The van der Waals surface area contributed by atoms with Gasteiger partial charge in [-0.3, -0.25) is 0 Å². The van der Waals surface area contributed by atoms with Gasteiger partial charge in [-0.05, 0) is 33.6 Å². The standard InChI is InChI=1S/C9H12BrFN2/c10-8-2-1-7(5-9(8)11)6-13-4-3-12/h1-2,5,13H,3-4,6,12H2. The summed E-state index contributed by atoms with van der Waals surface area (Å²) in [5, 5.41) is 3.09. The highest BCUT2D eigenvalue weighted by Gasteiger charge is 1.99. The molecule has 0 unspecified atom stereocenters. The third-order valence-electron chi connectivity index (χ3n) is 1.63. The molecule has 0 radical (unpaired) electrons. The molecular formula is C9H12BrFN2. The molecule has 0 aliphatic rings. The van der Waals surface area contributed by atoms with Crippen LogP contribution in [0, 0.1) is 5.82 Å². The van der Waals surface area contributed by atoms with Crippen LogP contribution in [0.2, 0.25) is 0 Å². The van der Waals surface area contributed by atoms with Crippen LogP contribution in [0.4, 0.5) is 4.39 Å². The van der Waals surface area contributed by atoms with E-state index < -0.39 is 0 Å². The van der Waals surface area contributed by atoms with Crippen LogP contribution in [-0.4, -0.2) is 13.1 Å². The average molecular weight is 247 g/mol. The summed E-state index contributed by atoms with van der Waals surface area (Å²) in [6, 6.07) is 5.08. The molecule has 2 nitrogen and oxygen atoms in total. The lowest BCUT2D eigenvalue weighted by atomic mass is 10.2. The summed E-state index contributed by atoms with van der Waals surface area (Å²) in [4.78, 5) is 0. The lowest BCUT2D eigenvalue weighted by molar-refractivity contribution is 0.614. The Morgan fingerprint density at radius 1 is 1.46 bits per heavy atom. The predicted molar refractivity (Wildman–Crippen MR) is 54.9 cm³/mol. The number of nitrogens with two attached hydrogens (primary N) is 1. The lowest BCUT2D eigenvalue weighted by Crippen LogP contribution is -2.21. The maximum atomic E-state index is 13.0. The molecule has 0 spiro atoms. The third-order valence-corrected chi connectivity index (χ3v) is 2.28. The van der Waals surface area contributed by atoms with Gasteiger partial charge >= 0.3 is 0 Å². The van der Waals surface area contributed by atoms with Crippen LogP contribution in [0.15, 0.2) is 22.7 Å². The average Bonchev–Trinajstić information content (AvgIpc) is 2.12. The van der Waals surface area contributed by atoms with Crippen molar-refractivity contribution < 1.29 is 4.39 Å². The van der Waals surface area contributed by atoms with E-state index in [9.17, 15) is 4.39 Å². The van der Waals surface area contributed by atoms with Gasteiger partial charge in [0.1, 0.15) is 5.82 Å². The fourth-order valence-electron chi connectivity index (χ4n) is 0.984. The molecule has 1 aromatic carbocycles. The highest BCUT2D eigenvalue weighted by molar-refractivity contribution is 9.10. The molecule has 13 heavy (non-hydrogen) atoms. The van der Waals surface area contributed by atoms with Crippen LogP contribution in [-0.2, 0) is 6.54 Å². The van der Waals surface area contributed by atoms with Gasteiger partial charge < -0.3 is 11.1 Å². The zero-order valence-corrected chi connectivity index (χ0v) is 8.77. The summed E-state index contributed by atoms with van der Waals surface area (Å²) < 4.78 is 13.5. The van der Waals surface area contributed by atoms with E-state index in [1.165, 1.54) is 6.07 Å². The molecule has 0 aliphatic carbocycles. The number of nitrogens with one attached hydrogen (secondary N) is 1. The van der Waals surface area contributed by atoms with Crippen molar-refractivity contribution in [1.82, 2.24) is 5.32 Å². The Morgan fingerprint density at radius 3 is 2.85 bits per heavy atom. The Hall–Kier alpha value is -0.450. The SMILES string of the molecule is NCCNCc1ccc(Br)c(F)c1. The van der Waals surface area contributed by atoms with Crippen LogP contribution in [0.3, 0.4) is 0 Å². The van der Waals surface area contributed by atoms with Crippen LogP contribution < -0.4 is 11.1 Å². The Labute approximate surface area is 85.4 Å². The molecular weight excluding hydrogens is 235 g/mol. The number of benzene rings is 1. The van der Waals surface area contributed by atoms with Crippen LogP contribution in [0.25, 0.3) is 0 Å². The molecule has 0 bridgehead atoms. The topological polar surface area (TPSA) is 38.0 Å². The molecule has 0 aliphatic heterocycles. The van der Waals surface area contributed by atoms with Crippen molar-refractivity contribution in [2.75, 3.05) is 13.1 Å². The maximum Gasteiger partial charge on any atom is 0.137 e. The van der Waals surface area contributed by atoms with E-state index in [1.807, 2.05) is 6.07 Å². The smallest absolute Gasteiger partial charge is 0.137 e. The van der Waals surface area contributed by atoms with Gasteiger partial charge in [0.25, 0.3) is 0 Å². The Morgan fingerprint density at radius 2 is 2.23 bits per heavy atom. The van der Waals surface area contributed by atoms with Gasteiger partial charge in [0.15, 0.2) is 0 Å². The molecule has 4 heteroatoms. The first-order chi connectivity index (χ1) is 6.24. The minimum Gasteiger partial charge on any atom is -0.329 e. The van der Waals surface area contributed by atoms with E-state index in [1.54, 1.807) is 6.07 Å². The first kappa shape index (κ1) is 10.6. The molecule has 0 fully saturated rings. The summed E-state index contributed by atoms with van der Waals surface area (Å²) in [6.07, 6.45) is 0. The number of hydrogen-bond acceptors (Lipinski definition) is 2. The monoisotopic (exact) mass is 246 g/mol. The van der Waals surface area contributed by atoms with Gasteiger partial charge in [-0.25, -0.2) is 4.39 Å². The van der Waals surface area contributed by atoms with E-state index in [4.69, 9.17) is 5.73 Å². The van der Waals surface area contributed by atoms with Gasteiger partial charge in [-0.1, -0.05) is 6.07 Å². The van der Waals surface area contributed by atoms with Crippen molar-refractivity contribution in [1.29, 1.82) is 0 Å². The van der Waals surface area contributed by atoms with Gasteiger partial charge in [0.2, 0.25) is 0 Å². The van der Waals surface area contributed by atoms with Crippen LogP contribution in [0.5, 0.6) is 0 Å². The highest BCUT2D eigenvalue weighted by atomic mass is 79.9. The molecule has 0 aromatic heterocycles. The fourth-order valence-corrected chi connectivity index (χ4v) is 1.23. The van der Waals surface area contributed by atoms with Crippen molar-refractivity contribution in [3.63, 3.8) is 0 Å². The lowest BCUT2D eigenvalue weighted by Gasteiger charge is -2.03. The quantitative estimate of drug-likeness (QED) is 0.794. The van der Waals surface area contributed by atoms with Crippen molar-refractivity contribution in [3.05, 3.63) is 34.1 Å². The van der Waals surface area contributed by atoms with E-state index >= 15 is 0 Å². The predicted octanol–water partition coefficient (Wildman–Crippen LogP) is 1.64. The summed E-state index contributed by atoms with van der Waals surface area (Å²) in [5.74, 6) is -0.230. The zero-order valence-electron chi connectivity index (χ0n) is 7.19. The Bertz CT molecular complexity index is 278. The molecule has 1 aromatic rings. The van der Waals surface area contributed by atoms with Crippen LogP contribution in [0.1, 0.15) is 5.56 Å². The summed E-state index contributed by atoms with van der Waals surface area (Å²) in [5.41, 5.74) is 6.23. The first-order valence-electron chi connectivity index (χ1n) is 4.08. The number of halogens is 2. The van der Waals surface area contributed by atoms with Gasteiger partial charge in [-0.15, -0.1) is 0 Å². The van der Waals surface area contributed by atoms with E-state index in [2.05, 4.69) is 21.2 Å². The van der Waals surface area contributed by atoms with E-state index in [0.717, 1.165) is 12.1 Å². The third kappa shape index (κ3) is 3.42. The minimum absolute atomic E-state index is 0.230. The summed E-state index contributed by atoms with van der Waals surface area (Å²) >= 11 is 3.10. The van der Waals surface area contributed by atoms with Crippen molar-refractivity contribution in [2.24, 2.45) is 5.73 Å². The second-order valence-electron chi connectivity index (χ2n) is 2.71. The Kier molecular flexibility index (Phi) is 4.35. The molecule has 0 heterocycles. The molecule has 0 saturated carbocycles. The first-order valence-corrected chi connectivity index (χ1v) is 4.88. The van der Waals surface area contributed by atoms with Crippen molar-refractivity contribution in [2.45, 2.75) is 6.54 Å². The fraction of sp³-hybridized carbons (Fsp3) is 0.333. The largest absolute Gasteiger partial charge is 0.329 e.